The first-order valence-corrected chi connectivity index (χ1v) is 8.83. The molecule has 0 radical (unpaired) electrons. The van der Waals surface area contributed by atoms with E-state index in [0.29, 0.717) is 32.0 Å². The second kappa shape index (κ2) is 7.24. The summed E-state index contributed by atoms with van der Waals surface area (Å²) >= 11 is 0. The number of nitrogens with zero attached hydrogens (tertiary/aromatic N) is 1. The van der Waals surface area contributed by atoms with Gasteiger partial charge in [0.25, 0.3) is 10.2 Å². The molecule has 1 aliphatic heterocycles. The van der Waals surface area contributed by atoms with Crippen LogP contribution in [0.5, 0.6) is 5.75 Å². The lowest BCUT2D eigenvalue weighted by Gasteiger charge is -2.30. The second-order valence-corrected chi connectivity index (χ2v) is 7.32. The van der Waals surface area contributed by atoms with Crippen LogP contribution in [0, 0.1) is 5.92 Å². The summed E-state index contributed by atoms with van der Waals surface area (Å²) in [5.74, 6) is 1.23. The molecule has 6 heteroatoms. The third-order valence-electron chi connectivity index (χ3n) is 3.83. The molecular weight excluding hydrogens is 288 g/mol. The highest BCUT2D eigenvalue weighted by atomic mass is 32.2. The molecule has 1 saturated heterocycles. The Balaban J connectivity index is 1.90. The van der Waals surface area contributed by atoms with Gasteiger partial charge in [0.15, 0.2) is 0 Å². The molecule has 0 bridgehead atoms. The van der Waals surface area contributed by atoms with Gasteiger partial charge in [-0.1, -0.05) is 25.1 Å². The molecule has 2 rings (SSSR count). The summed E-state index contributed by atoms with van der Waals surface area (Å²) in [6, 6.07) is 7.67. The van der Waals surface area contributed by atoms with Crippen LogP contribution in [0.1, 0.15) is 25.3 Å². The molecule has 1 heterocycles. The van der Waals surface area contributed by atoms with Gasteiger partial charge in [-0.15, -0.1) is 0 Å². The fourth-order valence-corrected chi connectivity index (χ4v) is 4.04. The van der Waals surface area contributed by atoms with Gasteiger partial charge in [0, 0.05) is 19.6 Å². The molecule has 0 spiro atoms. The number of hydrogen-bond donors (Lipinski definition) is 1. The van der Waals surface area contributed by atoms with E-state index < -0.39 is 10.2 Å². The van der Waals surface area contributed by atoms with Crippen LogP contribution >= 0.6 is 0 Å². The van der Waals surface area contributed by atoms with E-state index >= 15 is 0 Å². The summed E-state index contributed by atoms with van der Waals surface area (Å²) in [5.41, 5.74) is 1.01. The molecule has 0 saturated carbocycles. The van der Waals surface area contributed by atoms with Gasteiger partial charge in [0.1, 0.15) is 5.75 Å². The van der Waals surface area contributed by atoms with E-state index in [0.717, 1.165) is 24.2 Å². The highest BCUT2D eigenvalue weighted by molar-refractivity contribution is 7.87. The Morgan fingerprint density at radius 1 is 1.38 bits per heavy atom. The number of piperidine rings is 1. The van der Waals surface area contributed by atoms with E-state index in [4.69, 9.17) is 4.74 Å². The van der Waals surface area contributed by atoms with Crippen molar-refractivity contribution >= 4 is 10.2 Å². The van der Waals surface area contributed by atoms with Crippen molar-refractivity contribution in [1.82, 2.24) is 9.03 Å². The molecule has 118 valence electrons. The first-order valence-electron chi connectivity index (χ1n) is 7.39. The summed E-state index contributed by atoms with van der Waals surface area (Å²) in [7, 11) is -1.74. The average molecular weight is 312 g/mol. The van der Waals surface area contributed by atoms with Crippen molar-refractivity contribution in [3.05, 3.63) is 29.8 Å². The molecule has 1 atom stereocenters. The van der Waals surface area contributed by atoms with Gasteiger partial charge in [-0.2, -0.15) is 12.7 Å². The molecule has 1 aromatic carbocycles. The maximum Gasteiger partial charge on any atom is 0.279 e. The standard InChI is InChI=1S/C15H24N2O3S/c1-13-6-5-11-17(12-13)21(18,19)16-10-9-14-7-3-4-8-15(14)20-2/h3-4,7-8,13,16H,5-6,9-12H2,1-2H3/t13-/m1/s1. The van der Waals surface area contributed by atoms with Crippen LogP contribution in [-0.4, -0.2) is 39.5 Å². The van der Waals surface area contributed by atoms with Crippen LogP contribution in [0.15, 0.2) is 24.3 Å². The Hall–Kier alpha value is -1.11. The van der Waals surface area contributed by atoms with E-state index in [1.807, 2.05) is 24.3 Å². The van der Waals surface area contributed by atoms with Gasteiger partial charge in [-0.05, 0) is 36.8 Å². The van der Waals surface area contributed by atoms with Gasteiger partial charge in [0.05, 0.1) is 7.11 Å². The van der Waals surface area contributed by atoms with Gasteiger partial charge in [-0.25, -0.2) is 4.72 Å². The number of rotatable bonds is 6. The van der Waals surface area contributed by atoms with Gasteiger partial charge in [-0.3, -0.25) is 0 Å². The zero-order valence-corrected chi connectivity index (χ0v) is 13.5. The summed E-state index contributed by atoms with van der Waals surface area (Å²) in [6.07, 6.45) is 2.66. The van der Waals surface area contributed by atoms with E-state index in [2.05, 4.69) is 11.6 Å². The van der Waals surface area contributed by atoms with Gasteiger partial charge in [0.2, 0.25) is 0 Å². The van der Waals surface area contributed by atoms with Crippen molar-refractivity contribution in [2.45, 2.75) is 26.2 Å². The molecule has 0 unspecified atom stereocenters. The van der Waals surface area contributed by atoms with Crippen molar-refractivity contribution in [3.8, 4) is 5.75 Å². The molecular formula is C15H24N2O3S. The number of nitrogens with one attached hydrogen (secondary N) is 1. The fourth-order valence-electron chi connectivity index (χ4n) is 2.68. The number of benzene rings is 1. The number of hydrogen-bond acceptors (Lipinski definition) is 3. The Kier molecular flexibility index (Phi) is 5.61. The molecule has 1 aliphatic rings. The smallest absolute Gasteiger partial charge is 0.279 e. The molecule has 21 heavy (non-hydrogen) atoms. The molecule has 1 fully saturated rings. The first-order chi connectivity index (χ1) is 10.0. The maximum atomic E-state index is 12.3. The topological polar surface area (TPSA) is 58.6 Å². The van der Waals surface area contributed by atoms with E-state index in [1.54, 1.807) is 11.4 Å². The zero-order valence-electron chi connectivity index (χ0n) is 12.7. The molecule has 1 N–H and O–H groups in total. The predicted molar refractivity (Wildman–Crippen MR) is 83.6 cm³/mol. The number of ether oxygens (including phenoxy) is 1. The lowest BCUT2D eigenvalue weighted by Crippen LogP contribution is -2.46. The first kappa shape index (κ1) is 16.3. The lowest BCUT2D eigenvalue weighted by molar-refractivity contribution is 0.278. The van der Waals surface area contributed by atoms with E-state index in [1.165, 1.54) is 0 Å². The molecule has 0 aliphatic carbocycles. The number of para-hydroxylation sites is 1. The molecule has 0 aromatic heterocycles. The quantitative estimate of drug-likeness (QED) is 0.871. The minimum atomic E-state index is -3.36. The lowest BCUT2D eigenvalue weighted by atomic mass is 10.0. The predicted octanol–water partition coefficient (Wildman–Crippen LogP) is 1.80. The van der Waals surface area contributed by atoms with Crippen molar-refractivity contribution in [2.75, 3.05) is 26.7 Å². The van der Waals surface area contributed by atoms with Crippen LogP contribution in [0.4, 0.5) is 0 Å². The van der Waals surface area contributed by atoms with Crippen molar-refractivity contribution in [3.63, 3.8) is 0 Å². The summed E-state index contributed by atoms with van der Waals surface area (Å²) in [4.78, 5) is 0. The van der Waals surface area contributed by atoms with Crippen LogP contribution in [0.25, 0.3) is 0 Å². The summed E-state index contributed by atoms with van der Waals surface area (Å²) in [5, 5.41) is 0. The van der Waals surface area contributed by atoms with Crippen LogP contribution in [0.2, 0.25) is 0 Å². The van der Waals surface area contributed by atoms with Crippen LogP contribution < -0.4 is 9.46 Å². The van der Waals surface area contributed by atoms with Crippen molar-refractivity contribution in [2.24, 2.45) is 5.92 Å². The van der Waals surface area contributed by atoms with Crippen molar-refractivity contribution in [1.29, 1.82) is 0 Å². The third-order valence-corrected chi connectivity index (χ3v) is 5.41. The molecule has 0 amide bonds. The highest BCUT2D eigenvalue weighted by Crippen LogP contribution is 2.19. The third kappa shape index (κ3) is 4.43. The van der Waals surface area contributed by atoms with E-state index in [9.17, 15) is 8.42 Å². The van der Waals surface area contributed by atoms with Crippen LogP contribution in [0.3, 0.4) is 0 Å². The average Bonchev–Trinajstić information content (AvgIpc) is 2.47. The van der Waals surface area contributed by atoms with Crippen molar-refractivity contribution < 1.29 is 13.2 Å². The largest absolute Gasteiger partial charge is 0.496 e. The van der Waals surface area contributed by atoms with Gasteiger partial charge < -0.3 is 4.74 Å². The zero-order chi connectivity index (χ0) is 15.3. The second-order valence-electron chi connectivity index (χ2n) is 5.57. The van der Waals surface area contributed by atoms with Crippen LogP contribution in [-0.2, 0) is 16.6 Å². The van der Waals surface area contributed by atoms with E-state index in [-0.39, 0.29) is 0 Å². The molecule has 1 aromatic rings. The SMILES string of the molecule is COc1ccccc1CCNS(=O)(=O)N1CCC[C@@H](C)C1. The molecule has 5 nitrogen and oxygen atoms in total. The monoisotopic (exact) mass is 312 g/mol. The Morgan fingerprint density at radius 3 is 2.86 bits per heavy atom. The maximum absolute atomic E-state index is 12.3. The number of methoxy groups -OCH3 is 1. The Morgan fingerprint density at radius 2 is 2.14 bits per heavy atom. The normalized spacial score (nSPS) is 20.4. The fraction of sp³-hybridized carbons (Fsp3) is 0.600. The minimum absolute atomic E-state index is 0.383. The van der Waals surface area contributed by atoms with Gasteiger partial charge >= 0.3 is 0 Å². The minimum Gasteiger partial charge on any atom is -0.496 e. The highest BCUT2D eigenvalue weighted by Gasteiger charge is 2.26. The Bertz CT molecular complexity index is 560. The summed E-state index contributed by atoms with van der Waals surface area (Å²) < 4.78 is 34.0. The Labute approximate surface area is 127 Å². The summed E-state index contributed by atoms with van der Waals surface area (Å²) in [6.45, 7) is 3.71.